The molecule has 2 atom stereocenters. The zero-order chi connectivity index (χ0) is 15.7. The van der Waals surface area contributed by atoms with Gasteiger partial charge >= 0.3 is 0 Å². The van der Waals surface area contributed by atoms with Crippen LogP contribution in [-0.4, -0.2) is 71.2 Å². The van der Waals surface area contributed by atoms with Crippen LogP contribution in [0.25, 0.3) is 0 Å². The molecule has 1 aromatic heterocycles. The second-order valence-corrected chi connectivity index (χ2v) is 6.12. The van der Waals surface area contributed by atoms with Gasteiger partial charge < -0.3 is 10.2 Å². The molecular formula is C15H23N5O2. The van der Waals surface area contributed by atoms with Crippen molar-refractivity contribution < 1.29 is 9.59 Å². The molecule has 0 aliphatic carbocycles. The van der Waals surface area contributed by atoms with Crippen LogP contribution in [0.15, 0.2) is 12.3 Å². The van der Waals surface area contributed by atoms with Gasteiger partial charge in [0.15, 0.2) is 0 Å². The number of hydrogen-bond donors (Lipinski definition) is 1. The molecule has 7 heteroatoms. The summed E-state index contributed by atoms with van der Waals surface area (Å²) in [4.78, 5) is 27.9. The predicted molar refractivity (Wildman–Crippen MR) is 81.5 cm³/mol. The molecule has 3 heterocycles. The van der Waals surface area contributed by atoms with Crippen LogP contribution in [0.2, 0.25) is 0 Å². The first-order valence-electron chi connectivity index (χ1n) is 7.86. The number of piperidine rings is 1. The molecule has 0 unspecified atom stereocenters. The quantitative estimate of drug-likeness (QED) is 0.860. The van der Waals surface area contributed by atoms with E-state index in [-0.39, 0.29) is 23.9 Å². The van der Waals surface area contributed by atoms with Gasteiger partial charge in [0.1, 0.15) is 5.69 Å². The number of rotatable bonds is 3. The van der Waals surface area contributed by atoms with Crippen LogP contribution in [0.4, 0.5) is 0 Å². The molecule has 2 aliphatic rings. The fourth-order valence-corrected chi connectivity index (χ4v) is 3.42. The van der Waals surface area contributed by atoms with Crippen molar-refractivity contribution in [3.8, 4) is 0 Å². The highest BCUT2D eigenvalue weighted by molar-refractivity contribution is 5.91. The van der Waals surface area contributed by atoms with Gasteiger partial charge in [-0.1, -0.05) is 0 Å². The molecule has 120 valence electrons. The first-order chi connectivity index (χ1) is 10.6. The molecule has 0 saturated carbocycles. The Morgan fingerprint density at radius 2 is 2.18 bits per heavy atom. The van der Waals surface area contributed by atoms with Gasteiger partial charge in [-0.2, -0.15) is 5.10 Å². The Hall–Kier alpha value is -1.89. The Labute approximate surface area is 130 Å². The second kappa shape index (κ2) is 6.08. The number of hydrogen-bond acceptors (Lipinski definition) is 4. The third-order valence-corrected chi connectivity index (χ3v) is 4.71. The molecule has 2 aliphatic heterocycles. The zero-order valence-corrected chi connectivity index (χ0v) is 13.2. The van der Waals surface area contributed by atoms with Crippen LogP contribution in [0.5, 0.6) is 0 Å². The minimum absolute atomic E-state index is 0.0155. The van der Waals surface area contributed by atoms with Crippen molar-refractivity contribution in [3.05, 3.63) is 18.0 Å². The molecule has 7 nitrogen and oxygen atoms in total. The van der Waals surface area contributed by atoms with E-state index in [0.29, 0.717) is 5.69 Å². The average molecular weight is 305 g/mol. The van der Waals surface area contributed by atoms with Crippen molar-refractivity contribution >= 4 is 11.8 Å². The molecule has 1 N–H and O–H groups in total. The molecule has 3 rings (SSSR count). The Balaban J connectivity index is 1.69. The smallest absolute Gasteiger partial charge is 0.271 e. The van der Waals surface area contributed by atoms with E-state index in [4.69, 9.17) is 0 Å². The van der Waals surface area contributed by atoms with Gasteiger partial charge in [-0.15, -0.1) is 0 Å². The summed E-state index contributed by atoms with van der Waals surface area (Å²) in [5.41, 5.74) is 0.441. The minimum Gasteiger partial charge on any atom is -0.354 e. The highest BCUT2D eigenvalue weighted by Crippen LogP contribution is 2.26. The Kier molecular flexibility index (Phi) is 4.15. The Morgan fingerprint density at radius 3 is 2.86 bits per heavy atom. The standard InChI is InChI=1S/C15H23N5O2/c1-16-14(21)12-5-9-20(17-12)11-4-3-7-19(10-11)13-6-8-18(2)15(13)22/h5,9,11,13H,3-4,6-8,10H2,1-2H3,(H,16,21)/t11-,13+/m1/s1. The van der Waals surface area contributed by atoms with Gasteiger partial charge in [-0.25, -0.2) is 0 Å². The van der Waals surface area contributed by atoms with Crippen molar-refractivity contribution in [2.75, 3.05) is 33.7 Å². The second-order valence-electron chi connectivity index (χ2n) is 6.12. The molecule has 0 aromatic carbocycles. The fraction of sp³-hybridized carbons (Fsp3) is 0.667. The van der Waals surface area contributed by atoms with Crippen molar-refractivity contribution in [3.63, 3.8) is 0 Å². The van der Waals surface area contributed by atoms with Crippen LogP contribution < -0.4 is 5.32 Å². The number of carbonyl (C=O) groups excluding carboxylic acids is 2. The average Bonchev–Trinajstić information content (AvgIpc) is 3.15. The van der Waals surface area contributed by atoms with E-state index in [9.17, 15) is 9.59 Å². The molecule has 22 heavy (non-hydrogen) atoms. The van der Waals surface area contributed by atoms with Crippen molar-refractivity contribution in [1.82, 2.24) is 24.9 Å². The lowest BCUT2D eigenvalue weighted by atomic mass is 10.0. The minimum atomic E-state index is -0.168. The van der Waals surface area contributed by atoms with E-state index >= 15 is 0 Å². The summed E-state index contributed by atoms with van der Waals surface area (Å²) < 4.78 is 1.87. The van der Waals surface area contributed by atoms with E-state index < -0.39 is 0 Å². The Morgan fingerprint density at radius 1 is 1.36 bits per heavy atom. The lowest BCUT2D eigenvalue weighted by Gasteiger charge is -2.35. The summed E-state index contributed by atoms with van der Waals surface area (Å²) in [7, 11) is 3.47. The lowest BCUT2D eigenvalue weighted by molar-refractivity contribution is -0.131. The van der Waals surface area contributed by atoms with E-state index in [1.54, 1.807) is 13.1 Å². The molecular weight excluding hydrogens is 282 g/mol. The maximum absolute atomic E-state index is 12.2. The number of likely N-dealkylation sites (N-methyl/N-ethyl adjacent to an activating group) is 1. The summed E-state index contributed by atoms with van der Waals surface area (Å²) in [5.74, 6) is 0.0613. The summed E-state index contributed by atoms with van der Waals surface area (Å²) in [6.07, 6.45) is 4.85. The van der Waals surface area contributed by atoms with Crippen LogP contribution in [0, 0.1) is 0 Å². The maximum atomic E-state index is 12.2. The summed E-state index contributed by atoms with van der Waals surface area (Å²) in [5, 5.41) is 6.97. The van der Waals surface area contributed by atoms with Crippen molar-refractivity contribution in [2.24, 2.45) is 0 Å². The SMILES string of the molecule is CNC(=O)c1ccn([C@@H]2CCCN([C@H]3CCN(C)C3=O)C2)n1. The number of likely N-dealkylation sites (tertiary alicyclic amines) is 2. The number of aromatic nitrogens is 2. The van der Waals surface area contributed by atoms with Crippen molar-refractivity contribution in [1.29, 1.82) is 0 Å². The van der Waals surface area contributed by atoms with E-state index in [2.05, 4.69) is 15.3 Å². The number of carbonyl (C=O) groups is 2. The highest BCUT2D eigenvalue weighted by Gasteiger charge is 2.36. The lowest BCUT2D eigenvalue weighted by Crippen LogP contribution is -2.46. The van der Waals surface area contributed by atoms with Crippen molar-refractivity contribution in [2.45, 2.75) is 31.3 Å². The molecule has 2 amide bonds. The molecule has 0 spiro atoms. The van der Waals surface area contributed by atoms with Crippen LogP contribution in [0.1, 0.15) is 35.8 Å². The van der Waals surface area contributed by atoms with Gasteiger partial charge in [0.25, 0.3) is 5.91 Å². The van der Waals surface area contributed by atoms with E-state index in [1.807, 2.05) is 22.8 Å². The summed E-state index contributed by atoms with van der Waals surface area (Å²) in [6, 6.07) is 1.99. The predicted octanol–water partition coefficient (Wildman–Crippen LogP) is 0.110. The van der Waals surface area contributed by atoms with Crippen LogP contribution in [0.3, 0.4) is 0 Å². The van der Waals surface area contributed by atoms with Gasteiger partial charge in [-0.05, 0) is 31.9 Å². The summed E-state index contributed by atoms with van der Waals surface area (Å²) in [6.45, 7) is 2.62. The number of amides is 2. The largest absolute Gasteiger partial charge is 0.354 e. The van der Waals surface area contributed by atoms with Gasteiger partial charge in [0, 0.05) is 33.4 Å². The first-order valence-corrected chi connectivity index (χ1v) is 7.86. The molecule has 0 bridgehead atoms. The van der Waals surface area contributed by atoms with Crippen LogP contribution in [-0.2, 0) is 4.79 Å². The normalized spacial score (nSPS) is 26.5. The highest BCUT2D eigenvalue weighted by atomic mass is 16.2. The molecule has 1 aromatic rings. The van der Waals surface area contributed by atoms with Gasteiger partial charge in [0.2, 0.25) is 5.91 Å². The monoisotopic (exact) mass is 305 g/mol. The first kappa shape index (κ1) is 15.0. The third-order valence-electron chi connectivity index (χ3n) is 4.71. The number of nitrogens with zero attached hydrogens (tertiary/aromatic N) is 4. The van der Waals surface area contributed by atoms with Gasteiger partial charge in [-0.3, -0.25) is 19.2 Å². The molecule has 0 radical (unpaired) electrons. The molecule has 2 fully saturated rings. The topological polar surface area (TPSA) is 70.5 Å². The fourth-order valence-electron chi connectivity index (χ4n) is 3.42. The third kappa shape index (κ3) is 2.72. The maximum Gasteiger partial charge on any atom is 0.271 e. The van der Waals surface area contributed by atoms with E-state index in [1.165, 1.54) is 0 Å². The van der Waals surface area contributed by atoms with Crippen LogP contribution >= 0.6 is 0 Å². The zero-order valence-electron chi connectivity index (χ0n) is 13.2. The Bertz CT molecular complexity index is 570. The summed E-state index contributed by atoms with van der Waals surface area (Å²) >= 11 is 0. The van der Waals surface area contributed by atoms with Gasteiger partial charge in [0.05, 0.1) is 12.1 Å². The van der Waals surface area contributed by atoms with E-state index in [0.717, 1.165) is 38.9 Å². The molecule has 2 saturated heterocycles. The number of nitrogens with one attached hydrogen (secondary N) is 1.